The van der Waals surface area contributed by atoms with E-state index in [1.807, 2.05) is 36.4 Å². The fourth-order valence-electron chi connectivity index (χ4n) is 2.45. The monoisotopic (exact) mass is 291 g/mol. The molecule has 0 fully saturated rings. The normalized spacial score (nSPS) is 11.0. The Hall–Kier alpha value is -2.81. The molecule has 0 saturated carbocycles. The van der Waals surface area contributed by atoms with Crippen molar-refractivity contribution in [3.8, 4) is 11.5 Å². The molecule has 0 aliphatic rings. The second-order valence-electron chi connectivity index (χ2n) is 4.84. The number of hydrogen-bond donors (Lipinski definition) is 0. The molecule has 3 heteroatoms. The van der Waals surface area contributed by atoms with Crippen molar-refractivity contribution >= 4 is 23.1 Å². The number of rotatable bonds is 4. The Labute approximate surface area is 129 Å². The summed E-state index contributed by atoms with van der Waals surface area (Å²) in [6.07, 6.45) is 5.96. The van der Waals surface area contributed by atoms with Crippen LogP contribution in [0.2, 0.25) is 0 Å². The van der Waals surface area contributed by atoms with Crippen LogP contribution in [0.3, 0.4) is 0 Å². The number of methoxy groups -OCH3 is 2. The van der Waals surface area contributed by atoms with Crippen molar-refractivity contribution in [2.45, 2.75) is 0 Å². The van der Waals surface area contributed by atoms with Gasteiger partial charge in [0.15, 0.2) is 11.5 Å². The van der Waals surface area contributed by atoms with Gasteiger partial charge in [0.25, 0.3) is 0 Å². The van der Waals surface area contributed by atoms with Crippen molar-refractivity contribution in [3.05, 3.63) is 65.9 Å². The van der Waals surface area contributed by atoms with Gasteiger partial charge in [0.05, 0.1) is 14.2 Å². The lowest BCUT2D eigenvalue weighted by molar-refractivity contribution is 0.358. The van der Waals surface area contributed by atoms with Gasteiger partial charge in [-0.3, -0.25) is 4.98 Å². The molecule has 2 aromatic carbocycles. The van der Waals surface area contributed by atoms with Gasteiger partial charge < -0.3 is 9.47 Å². The highest BCUT2D eigenvalue weighted by Crippen LogP contribution is 2.35. The summed E-state index contributed by atoms with van der Waals surface area (Å²) in [4.78, 5) is 4.44. The van der Waals surface area contributed by atoms with Crippen LogP contribution >= 0.6 is 0 Å². The molecule has 0 spiro atoms. The molecule has 0 bridgehead atoms. The Morgan fingerprint density at radius 1 is 0.864 bits per heavy atom. The van der Waals surface area contributed by atoms with Gasteiger partial charge in [-0.05, 0) is 29.3 Å². The number of pyridine rings is 1. The largest absolute Gasteiger partial charge is 0.493 e. The number of benzene rings is 2. The van der Waals surface area contributed by atoms with Crippen molar-refractivity contribution in [2.75, 3.05) is 14.2 Å². The zero-order valence-electron chi connectivity index (χ0n) is 12.6. The van der Waals surface area contributed by atoms with Crippen molar-refractivity contribution in [1.29, 1.82) is 0 Å². The second-order valence-corrected chi connectivity index (χ2v) is 4.84. The third-order valence-electron chi connectivity index (χ3n) is 3.54. The average molecular weight is 291 g/mol. The Morgan fingerprint density at radius 3 is 2.41 bits per heavy atom. The number of fused-ring (bicyclic) bond motifs is 1. The van der Waals surface area contributed by atoms with Gasteiger partial charge in [-0.15, -0.1) is 0 Å². The maximum Gasteiger partial charge on any atom is 0.187 e. The fourth-order valence-corrected chi connectivity index (χ4v) is 2.45. The van der Waals surface area contributed by atoms with E-state index in [4.69, 9.17) is 9.47 Å². The average Bonchev–Trinajstić information content (AvgIpc) is 2.59. The predicted molar refractivity (Wildman–Crippen MR) is 90.2 cm³/mol. The molecule has 0 amide bonds. The van der Waals surface area contributed by atoms with E-state index in [1.54, 1.807) is 20.4 Å². The van der Waals surface area contributed by atoms with E-state index >= 15 is 0 Å². The molecular weight excluding hydrogens is 274 g/mol. The topological polar surface area (TPSA) is 31.4 Å². The molecule has 0 saturated heterocycles. The van der Waals surface area contributed by atoms with Crippen LogP contribution in [0.1, 0.15) is 11.1 Å². The Bertz CT molecular complexity index is 810. The molecule has 3 rings (SSSR count). The first-order chi connectivity index (χ1) is 10.8. The summed E-state index contributed by atoms with van der Waals surface area (Å²) in [6.45, 7) is 0. The van der Waals surface area contributed by atoms with Crippen LogP contribution in [-0.2, 0) is 0 Å². The van der Waals surface area contributed by atoms with Crippen LogP contribution < -0.4 is 9.47 Å². The number of hydrogen-bond acceptors (Lipinski definition) is 3. The molecule has 110 valence electrons. The Morgan fingerprint density at radius 2 is 1.68 bits per heavy atom. The summed E-state index contributed by atoms with van der Waals surface area (Å²) in [5, 5.41) is 1.03. The van der Waals surface area contributed by atoms with Crippen molar-refractivity contribution in [2.24, 2.45) is 0 Å². The van der Waals surface area contributed by atoms with Gasteiger partial charge in [0.2, 0.25) is 0 Å². The lowest BCUT2D eigenvalue weighted by atomic mass is 10.1. The Kier molecular flexibility index (Phi) is 4.05. The molecule has 0 N–H and O–H groups in total. The van der Waals surface area contributed by atoms with Crippen molar-refractivity contribution < 1.29 is 9.47 Å². The van der Waals surface area contributed by atoms with E-state index in [-0.39, 0.29) is 0 Å². The lowest BCUT2D eigenvalue weighted by Gasteiger charge is -2.11. The lowest BCUT2D eigenvalue weighted by Crippen LogP contribution is -1.93. The van der Waals surface area contributed by atoms with E-state index in [2.05, 4.69) is 29.3 Å². The van der Waals surface area contributed by atoms with Crippen LogP contribution in [0.25, 0.3) is 23.1 Å². The minimum atomic E-state index is 0.662. The molecule has 22 heavy (non-hydrogen) atoms. The highest BCUT2D eigenvalue weighted by molar-refractivity contribution is 5.95. The molecule has 3 aromatic rings. The minimum absolute atomic E-state index is 0.662. The summed E-state index contributed by atoms with van der Waals surface area (Å²) in [5.41, 5.74) is 3.06. The summed E-state index contributed by atoms with van der Waals surface area (Å²) < 4.78 is 10.8. The SMILES string of the molecule is COc1ccc2c(/C=C/c3ccccc3)ccnc2c1OC. The van der Waals surface area contributed by atoms with Crippen LogP contribution in [0.4, 0.5) is 0 Å². The van der Waals surface area contributed by atoms with Crippen LogP contribution in [0.5, 0.6) is 11.5 Å². The van der Waals surface area contributed by atoms with Crippen molar-refractivity contribution in [1.82, 2.24) is 4.98 Å². The van der Waals surface area contributed by atoms with Crippen molar-refractivity contribution in [3.63, 3.8) is 0 Å². The smallest absolute Gasteiger partial charge is 0.187 e. The second kappa shape index (κ2) is 6.31. The van der Waals surface area contributed by atoms with Crippen LogP contribution in [0.15, 0.2) is 54.7 Å². The first kappa shape index (κ1) is 14.1. The van der Waals surface area contributed by atoms with E-state index < -0.39 is 0 Å². The first-order valence-corrected chi connectivity index (χ1v) is 7.06. The summed E-state index contributed by atoms with van der Waals surface area (Å²) in [7, 11) is 3.26. The molecule has 1 aromatic heterocycles. The third-order valence-corrected chi connectivity index (χ3v) is 3.54. The van der Waals surface area contributed by atoms with Gasteiger partial charge in [-0.2, -0.15) is 0 Å². The van der Waals surface area contributed by atoms with Crippen LogP contribution in [0, 0.1) is 0 Å². The molecular formula is C19H17NO2. The van der Waals surface area contributed by atoms with Gasteiger partial charge in [0.1, 0.15) is 5.52 Å². The maximum absolute atomic E-state index is 5.46. The Balaban J connectivity index is 2.10. The standard InChI is InChI=1S/C19H17NO2/c1-21-17-11-10-16-15(9-8-14-6-4-3-5-7-14)12-13-20-18(16)19(17)22-2/h3-13H,1-2H3/b9-8+. The molecule has 0 aliphatic carbocycles. The molecule has 0 unspecified atom stereocenters. The van der Waals surface area contributed by atoms with E-state index in [0.29, 0.717) is 11.5 Å². The number of aromatic nitrogens is 1. The maximum atomic E-state index is 5.46. The van der Waals surface area contributed by atoms with Gasteiger partial charge in [-0.1, -0.05) is 42.5 Å². The molecule has 0 radical (unpaired) electrons. The first-order valence-electron chi connectivity index (χ1n) is 7.06. The van der Waals surface area contributed by atoms with E-state index in [1.165, 1.54) is 0 Å². The zero-order chi connectivity index (χ0) is 15.4. The summed E-state index contributed by atoms with van der Waals surface area (Å²) in [5.74, 6) is 1.35. The van der Waals surface area contributed by atoms with Gasteiger partial charge in [-0.25, -0.2) is 0 Å². The molecule has 0 aliphatic heterocycles. The molecule has 0 atom stereocenters. The van der Waals surface area contributed by atoms with Crippen LogP contribution in [-0.4, -0.2) is 19.2 Å². The quantitative estimate of drug-likeness (QED) is 0.713. The highest BCUT2D eigenvalue weighted by Gasteiger charge is 2.11. The fraction of sp³-hybridized carbons (Fsp3) is 0.105. The third kappa shape index (κ3) is 2.66. The van der Waals surface area contributed by atoms with Gasteiger partial charge in [0, 0.05) is 11.6 Å². The van der Waals surface area contributed by atoms with E-state index in [9.17, 15) is 0 Å². The number of ether oxygens (including phenoxy) is 2. The molecule has 3 nitrogen and oxygen atoms in total. The number of nitrogens with zero attached hydrogens (tertiary/aromatic N) is 1. The predicted octanol–water partition coefficient (Wildman–Crippen LogP) is 4.42. The highest BCUT2D eigenvalue weighted by atomic mass is 16.5. The summed E-state index contributed by atoms with van der Waals surface area (Å²) >= 11 is 0. The van der Waals surface area contributed by atoms with E-state index in [0.717, 1.165) is 22.0 Å². The molecule has 1 heterocycles. The zero-order valence-corrected chi connectivity index (χ0v) is 12.6. The van der Waals surface area contributed by atoms with Gasteiger partial charge >= 0.3 is 0 Å². The minimum Gasteiger partial charge on any atom is -0.493 e. The summed E-state index contributed by atoms with van der Waals surface area (Å²) in [6, 6.07) is 16.1.